The van der Waals surface area contributed by atoms with E-state index in [2.05, 4.69) is 10.2 Å². The van der Waals surface area contributed by atoms with Crippen molar-refractivity contribution in [2.24, 2.45) is 5.73 Å². The number of hydrogen-bond acceptors (Lipinski definition) is 3. The van der Waals surface area contributed by atoms with E-state index >= 15 is 0 Å². The highest BCUT2D eigenvalue weighted by molar-refractivity contribution is 6.31. The van der Waals surface area contributed by atoms with Crippen molar-refractivity contribution in [1.29, 1.82) is 0 Å². The van der Waals surface area contributed by atoms with Crippen LogP contribution in [0.3, 0.4) is 0 Å². The van der Waals surface area contributed by atoms with Gasteiger partial charge in [-0.05, 0) is 42.8 Å². The minimum atomic E-state index is -0.824. The second-order valence-corrected chi connectivity index (χ2v) is 7.83. The largest absolute Gasteiger partial charge is 0.351 e. The lowest BCUT2D eigenvalue weighted by Crippen LogP contribution is -2.53. The molecule has 3 N–H and O–H groups in total. The van der Waals surface area contributed by atoms with Crippen molar-refractivity contribution in [2.45, 2.75) is 19.5 Å². The van der Waals surface area contributed by atoms with Gasteiger partial charge in [-0.1, -0.05) is 23.7 Å². The molecule has 1 atom stereocenters. The number of carbonyl (C=O) groups excluding carboxylic acids is 2. The number of nitrogens with two attached hydrogens (primary N) is 1. The molecule has 0 aliphatic carbocycles. The number of nitrogens with one attached hydrogen (secondary N) is 1. The predicted molar refractivity (Wildman–Crippen MR) is 117 cm³/mol. The topological polar surface area (TPSA) is 78.7 Å². The number of rotatable bonds is 5. The first-order valence-corrected chi connectivity index (χ1v) is 10.1. The molecule has 3 amide bonds. The lowest BCUT2D eigenvalue weighted by Gasteiger charge is -2.39. The maximum absolute atomic E-state index is 13.9. The van der Waals surface area contributed by atoms with E-state index in [0.29, 0.717) is 26.2 Å². The van der Waals surface area contributed by atoms with Crippen LogP contribution in [0.25, 0.3) is 6.08 Å². The van der Waals surface area contributed by atoms with Gasteiger partial charge in [0.25, 0.3) is 0 Å². The Bertz CT molecular complexity index is 998. The number of piperazine rings is 1. The number of anilines is 1. The van der Waals surface area contributed by atoms with Crippen LogP contribution in [-0.2, 0) is 11.3 Å². The second-order valence-electron chi connectivity index (χ2n) is 7.42. The molecule has 1 aliphatic rings. The Hall–Kier alpha value is -2.97. The van der Waals surface area contributed by atoms with Gasteiger partial charge >= 0.3 is 6.03 Å². The fraction of sp³-hybridized carbons (Fsp3) is 0.273. The molecule has 0 spiro atoms. The van der Waals surface area contributed by atoms with E-state index in [1.54, 1.807) is 17.0 Å². The van der Waals surface area contributed by atoms with Crippen LogP contribution >= 0.6 is 11.6 Å². The summed E-state index contributed by atoms with van der Waals surface area (Å²) in [5.41, 5.74) is 6.63. The van der Waals surface area contributed by atoms with Crippen LogP contribution in [0.15, 0.2) is 42.5 Å². The van der Waals surface area contributed by atoms with Gasteiger partial charge in [0.05, 0.1) is 10.7 Å². The molecule has 1 heterocycles. The van der Waals surface area contributed by atoms with E-state index in [1.807, 2.05) is 6.92 Å². The van der Waals surface area contributed by atoms with Crippen LogP contribution in [0.2, 0.25) is 5.02 Å². The number of primary amides is 1. The molecule has 0 bridgehead atoms. The van der Waals surface area contributed by atoms with Crippen LogP contribution in [-0.4, -0.2) is 47.4 Å². The summed E-state index contributed by atoms with van der Waals surface area (Å²) < 4.78 is 26.9. The maximum atomic E-state index is 13.9. The fourth-order valence-electron chi connectivity index (χ4n) is 3.55. The first kappa shape index (κ1) is 22.7. The molecule has 1 aliphatic heterocycles. The zero-order valence-electron chi connectivity index (χ0n) is 16.9. The van der Waals surface area contributed by atoms with Gasteiger partial charge in [-0.3, -0.25) is 9.69 Å². The molecule has 3 rings (SSSR count). The van der Waals surface area contributed by atoms with Gasteiger partial charge in [-0.15, -0.1) is 0 Å². The summed E-state index contributed by atoms with van der Waals surface area (Å²) in [6, 6.07) is 7.87. The summed E-state index contributed by atoms with van der Waals surface area (Å²) in [4.78, 5) is 27.8. The molecule has 164 valence electrons. The van der Waals surface area contributed by atoms with Crippen LogP contribution < -0.4 is 11.1 Å². The van der Waals surface area contributed by atoms with E-state index in [-0.39, 0.29) is 34.0 Å². The Kier molecular flexibility index (Phi) is 7.25. The molecule has 1 saturated heterocycles. The quantitative estimate of drug-likeness (QED) is 0.682. The summed E-state index contributed by atoms with van der Waals surface area (Å²) in [5.74, 6) is -1.17. The van der Waals surface area contributed by atoms with Crippen molar-refractivity contribution in [3.05, 3.63) is 70.3 Å². The summed E-state index contributed by atoms with van der Waals surface area (Å²) in [6.45, 7) is 4.48. The highest BCUT2D eigenvalue weighted by atomic mass is 35.5. The highest BCUT2D eigenvalue weighted by Gasteiger charge is 2.26. The molecule has 0 radical (unpaired) electrons. The number of nitrogens with zero attached hydrogens (tertiary/aromatic N) is 2. The number of urea groups is 1. The van der Waals surface area contributed by atoms with Crippen molar-refractivity contribution >= 4 is 35.3 Å². The normalized spacial score (nSPS) is 17.2. The van der Waals surface area contributed by atoms with Crippen LogP contribution in [0.4, 0.5) is 19.3 Å². The number of carbonyl (C=O) groups is 2. The Morgan fingerprint density at radius 2 is 1.94 bits per heavy atom. The lowest BCUT2D eigenvalue weighted by atomic mass is 10.1. The number of hydrogen-bond donors (Lipinski definition) is 2. The number of halogens is 3. The Labute approximate surface area is 184 Å². The number of amides is 3. The van der Waals surface area contributed by atoms with Crippen LogP contribution in [0, 0.1) is 11.6 Å². The average Bonchev–Trinajstić information content (AvgIpc) is 2.71. The van der Waals surface area contributed by atoms with Crippen molar-refractivity contribution < 1.29 is 18.4 Å². The molecule has 0 aromatic heterocycles. The summed E-state index contributed by atoms with van der Waals surface area (Å²) in [7, 11) is 0. The van der Waals surface area contributed by atoms with Gasteiger partial charge in [-0.2, -0.15) is 0 Å². The monoisotopic (exact) mass is 448 g/mol. The molecule has 6 nitrogen and oxygen atoms in total. The fourth-order valence-corrected chi connectivity index (χ4v) is 3.71. The van der Waals surface area contributed by atoms with E-state index in [9.17, 15) is 18.4 Å². The van der Waals surface area contributed by atoms with Crippen molar-refractivity contribution in [3.63, 3.8) is 0 Å². The van der Waals surface area contributed by atoms with Crippen molar-refractivity contribution in [3.8, 4) is 0 Å². The van der Waals surface area contributed by atoms with Gasteiger partial charge in [0, 0.05) is 43.9 Å². The van der Waals surface area contributed by atoms with E-state index in [0.717, 1.165) is 11.6 Å². The van der Waals surface area contributed by atoms with Crippen molar-refractivity contribution in [1.82, 2.24) is 9.80 Å². The Morgan fingerprint density at radius 1 is 1.23 bits per heavy atom. The Morgan fingerprint density at radius 3 is 2.58 bits per heavy atom. The van der Waals surface area contributed by atoms with Gasteiger partial charge in [0.2, 0.25) is 5.91 Å². The third-order valence-electron chi connectivity index (χ3n) is 5.07. The van der Waals surface area contributed by atoms with Crippen LogP contribution in [0.5, 0.6) is 0 Å². The van der Waals surface area contributed by atoms with Crippen molar-refractivity contribution in [2.75, 3.05) is 25.0 Å². The van der Waals surface area contributed by atoms with Gasteiger partial charge in [0.15, 0.2) is 0 Å². The third-order valence-corrected chi connectivity index (χ3v) is 5.36. The first-order valence-electron chi connectivity index (χ1n) is 9.74. The molecule has 0 unspecified atom stereocenters. The molecule has 31 heavy (non-hydrogen) atoms. The van der Waals surface area contributed by atoms with E-state index < -0.39 is 11.8 Å². The predicted octanol–water partition coefficient (Wildman–Crippen LogP) is 3.85. The molecule has 2 aromatic carbocycles. The smallest absolute Gasteiger partial charge is 0.316 e. The molecule has 9 heteroatoms. The minimum Gasteiger partial charge on any atom is -0.351 e. The molecule has 2 aromatic rings. The molecular formula is C22H23ClF2N4O2. The Balaban J connectivity index is 1.65. The summed E-state index contributed by atoms with van der Waals surface area (Å²) in [6.07, 6.45) is 2.76. The van der Waals surface area contributed by atoms with Crippen LogP contribution in [0.1, 0.15) is 18.1 Å². The molecule has 1 fully saturated rings. The van der Waals surface area contributed by atoms with E-state index in [4.69, 9.17) is 17.3 Å². The maximum Gasteiger partial charge on any atom is 0.316 e. The third kappa shape index (κ3) is 6.02. The van der Waals surface area contributed by atoms with Gasteiger partial charge in [0.1, 0.15) is 11.6 Å². The standard InChI is InChI=1S/C22H23ClF2N4O2/c1-14-12-28(13-15-2-5-17(24)6-3-15)8-9-29(14)21(30)7-4-16-10-19(25)18(23)11-20(16)27-22(26)31/h2-7,10-11,14H,8-9,12-13H2,1H3,(H3,26,27,31)/t14-/m1/s1. The average molecular weight is 449 g/mol. The van der Waals surface area contributed by atoms with Gasteiger partial charge in [-0.25, -0.2) is 13.6 Å². The lowest BCUT2D eigenvalue weighted by molar-refractivity contribution is -0.130. The van der Waals surface area contributed by atoms with Gasteiger partial charge < -0.3 is 16.0 Å². The summed E-state index contributed by atoms with van der Waals surface area (Å²) >= 11 is 5.76. The zero-order chi connectivity index (χ0) is 22.5. The number of benzene rings is 2. The minimum absolute atomic E-state index is 0.0449. The second kappa shape index (κ2) is 9.89. The van der Waals surface area contributed by atoms with E-state index in [1.165, 1.54) is 30.4 Å². The SMILES string of the molecule is C[C@@H]1CN(Cc2ccc(F)cc2)CCN1C(=O)C=Cc1cc(F)c(Cl)cc1NC(N)=O. The molecule has 0 saturated carbocycles. The molecular weight excluding hydrogens is 426 g/mol. The first-order chi connectivity index (χ1) is 14.7. The zero-order valence-corrected chi connectivity index (χ0v) is 17.7. The summed E-state index contributed by atoms with van der Waals surface area (Å²) in [5, 5.41) is 2.20. The highest BCUT2D eigenvalue weighted by Crippen LogP contribution is 2.26.